The fourth-order valence-corrected chi connectivity index (χ4v) is 10.9. The molecule has 4 atom stereocenters. The molecule has 0 saturated carbocycles. The molecule has 8 aromatic rings. The van der Waals surface area contributed by atoms with Crippen molar-refractivity contribution in [2.75, 3.05) is 5.32 Å². The zero-order valence-electron chi connectivity index (χ0n) is 33.6. The van der Waals surface area contributed by atoms with Gasteiger partial charge in [0.25, 0.3) is 0 Å². The van der Waals surface area contributed by atoms with Crippen molar-refractivity contribution in [2.45, 2.75) is 58.5 Å². The van der Waals surface area contributed by atoms with E-state index in [-0.39, 0.29) is 0 Å². The van der Waals surface area contributed by atoms with Crippen molar-refractivity contribution in [3.63, 3.8) is 0 Å². The van der Waals surface area contributed by atoms with Crippen LogP contribution in [0, 0.1) is 11.8 Å². The number of nitrogens with one attached hydrogen (secondary N) is 1. The average Bonchev–Trinajstić information content (AvgIpc) is 3.75. The minimum Gasteiger partial charge on any atom is -0.356 e. The smallest absolute Gasteiger partial charge is 0.156 e. The van der Waals surface area contributed by atoms with Crippen LogP contribution in [0.1, 0.15) is 74.3 Å². The molecule has 3 heterocycles. The van der Waals surface area contributed by atoms with Gasteiger partial charge in [-0.15, -0.1) is 0 Å². The lowest BCUT2D eigenvalue weighted by Gasteiger charge is -2.40. The Morgan fingerprint density at radius 2 is 1.47 bits per heavy atom. The third kappa shape index (κ3) is 4.72. The molecule has 282 valence electrons. The van der Waals surface area contributed by atoms with Crippen molar-refractivity contribution in [1.29, 1.82) is 0 Å². The molecule has 4 heteroatoms. The first kappa shape index (κ1) is 33.7. The minimum absolute atomic E-state index is 0.438. The molecule has 4 aliphatic rings. The molecule has 1 N–H and O–H groups in total. The molecule has 4 nitrogen and oxygen atoms in total. The van der Waals surface area contributed by atoms with Crippen molar-refractivity contribution in [3.05, 3.63) is 161 Å². The van der Waals surface area contributed by atoms with Crippen molar-refractivity contribution in [3.8, 4) is 0 Å². The van der Waals surface area contributed by atoms with E-state index in [1.807, 2.05) is 0 Å². The van der Waals surface area contributed by atoms with E-state index >= 15 is 0 Å². The van der Waals surface area contributed by atoms with Crippen LogP contribution < -0.4 is 5.32 Å². The van der Waals surface area contributed by atoms with Crippen LogP contribution in [0.25, 0.3) is 72.2 Å². The maximum atomic E-state index is 5.64. The van der Waals surface area contributed by atoms with Crippen LogP contribution in [0.2, 0.25) is 0 Å². The number of para-hydroxylation sites is 1. The number of nitrogens with zero attached hydrogens (tertiary/aromatic N) is 3. The Hall–Kier alpha value is -6.39. The van der Waals surface area contributed by atoms with Gasteiger partial charge in [0.1, 0.15) is 0 Å². The lowest BCUT2D eigenvalue weighted by molar-refractivity contribution is 0.538. The predicted molar refractivity (Wildman–Crippen MR) is 247 cm³/mol. The van der Waals surface area contributed by atoms with Gasteiger partial charge in [0, 0.05) is 38.2 Å². The van der Waals surface area contributed by atoms with Gasteiger partial charge < -0.3 is 14.5 Å². The van der Waals surface area contributed by atoms with E-state index in [0.29, 0.717) is 17.8 Å². The zero-order chi connectivity index (χ0) is 38.9. The second-order valence-electron chi connectivity index (χ2n) is 17.5. The normalized spacial score (nSPS) is 22.3. The molecular weight excluding hydrogens is 705 g/mol. The van der Waals surface area contributed by atoms with Crippen molar-refractivity contribution >= 4 is 89.3 Å². The summed E-state index contributed by atoms with van der Waals surface area (Å²) in [6, 6.07) is 38.6. The Morgan fingerprint density at radius 1 is 0.690 bits per heavy atom. The van der Waals surface area contributed by atoms with Gasteiger partial charge >= 0.3 is 0 Å². The van der Waals surface area contributed by atoms with Gasteiger partial charge in [-0.1, -0.05) is 130 Å². The third-order valence-electron chi connectivity index (χ3n) is 13.5. The van der Waals surface area contributed by atoms with E-state index in [2.05, 4.69) is 188 Å². The summed E-state index contributed by atoms with van der Waals surface area (Å²) in [7, 11) is 0. The Labute approximate surface area is 339 Å². The molecule has 0 fully saturated rings. The summed E-state index contributed by atoms with van der Waals surface area (Å²) in [6.07, 6.45) is 19.8. The summed E-state index contributed by atoms with van der Waals surface area (Å²) in [5.74, 6) is 1.40. The fourth-order valence-electron chi connectivity index (χ4n) is 10.9. The van der Waals surface area contributed by atoms with E-state index in [9.17, 15) is 0 Å². The molecule has 0 spiro atoms. The summed E-state index contributed by atoms with van der Waals surface area (Å²) in [4.78, 5) is 5.64. The van der Waals surface area contributed by atoms with Crippen LogP contribution in [0.5, 0.6) is 0 Å². The molecule has 12 rings (SSSR count). The van der Waals surface area contributed by atoms with Crippen LogP contribution in [-0.4, -0.2) is 14.8 Å². The Morgan fingerprint density at radius 3 is 2.31 bits per heavy atom. The van der Waals surface area contributed by atoms with E-state index in [1.165, 1.54) is 82.3 Å². The Balaban J connectivity index is 1.22. The van der Waals surface area contributed by atoms with Crippen LogP contribution in [0.3, 0.4) is 0 Å². The fraction of sp³-hybridized carbons (Fsp3) is 0.204. The first-order valence-electron chi connectivity index (χ1n) is 21.2. The van der Waals surface area contributed by atoms with Crippen molar-refractivity contribution < 1.29 is 0 Å². The molecule has 4 unspecified atom stereocenters. The number of hydrogen-bond donors (Lipinski definition) is 1. The third-order valence-corrected chi connectivity index (χ3v) is 13.5. The number of anilines is 1. The van der Waals surface area contributed by atoms with Gasteiger partial charge in [-0.2, -0.15) is 0 Å². The lowest BCUT2D eigenvalue weighted by atomic mass is 9.82. The highest BCUT2D eigenvalue weighted by Gasteiger charge is 2.40. The number of aromatic nitrogens is 2. The summed E-state index contributed by atoms with van der Waals surface area (Å²) < 4.78 is 5.14. The molecule has 0 radical (unpaired) electrons. The minimum atomic E-state index is -0.733. The number of hydrogen-bond acceptors (Lipinski definition) is 2. The van der Waals surface area contributed by atoms with Crippen molar-refractivity contribution in [1.82, 2.24) is 9.13 Å². The van der Waals surface area contributed by atoms with E-state index in [1.54, 1.807) is 0 Å². The Kier molecular flexibility index (Phi) is 7.15. The van der Waals surface area contributed by atoms with Gasteiger partial charge in [0.2, 0.25) is 0 Å². The van der Waals surface area contributed by atoms with Crippen LogP contribution in [0.15, 0.2) is 139 Å². The van der Waals surface area contributed by atoms with E-state index in [4.69, 9.17) is 4.99 Å². The SMILES string of the molecule is CC1C=C(n2c3cc4c(cc3c3c5c(c6ccccc6c32)C(C)CC=C5)c2ccccc2n4C2(C)Nc3cc4c(cc3N=C2c2ccccc2)CC(C)C=C4)C=CC1. The number of benzene rings is 6. The van der Waals surface area contributed by atoms with Gasteiger partial charge in [-0.25, -0.2) is 4.99 Å². The number of rotatable bonds is 3. The van der Waals surface area contributed by atoms with Gasteiger partial charge in [0.05, 0.1) is 39.2 Å². The maximum absolute atomic E-state index is 5.64. The second-order valence-corrected chi connectivity index (χ2v) is 17.5. The molecule has 1 aliphatic heterocycles. The van der Waals surface area contributed by atoms with Gasteiger partial charge in [-0.3, -0.25) is 0 Å². The first-order valence-corrected chi connectivity index (χ1v) is 21.2. The van der Waals surface area contributed by atoms with E-state index in [0.717, 1.165) is 41.9 Å². The van der Waals surface area contributed by atoms with Crippen LogP contribution in [-0.2, 0) is 12.1 Å². The maximum Gasteiger partial charge on any atom is 0.156 e. The molecule has 0 bridgehead atoms. The van der Waals surface area contributed by atoms with Gasteiger partial charge in [0.15, 0.2) is 5.66 Å². The highest BCUT2D eigenvalue weighted by Crippen LogP contribution is 2.50. The zero-order valence-corrected chi connectivity index (χ0v) is 33.6. The molecular formula is C54H46N4. The number of aliphatic imine (C=N–C) groups is 1. The predicted octanol–water partition coefficient (Wildman–Crippen LogP) is 14.1. The van der Waals surface area contributed by atoms with E-state index < -0.39 is 5.66 Å². The summed E-state index contributed by atoms with van der Waals surface area (Å²) in [6.45, 7) is 9.36. The standard InChI is InChI=1S/C54H46N4/c1-32-14-12-18-38(27-32)57-48-31-49-43(30-44(48)51-42-22-13-15-34(3)50(42)40-20-8-9-21-41(40)52(51)57)39-19-10-11-23-47(39)58(49)54(4)53(35-16-6-5-7-17-35)55-45-29-37-26-33(2)24-25-36(37)28-46(45)56-54/h5-13,16-25,27-34,56H,14-15,26H2,1-4H3. The average molecular weight is 751 g/mol. The lowest BCUT2D eigenvalue weighted by Crippen LogP contribution is -2.48. The topological polar surface area (TPSA) is 34.2 Å². The quantitative estimate of drug-likeness (QED) is 0.192. The molecule has 0 amide bonds. The summed E-state index contributed by atoms with van der Waals surface area (Å²) in [5, 5.41) is 12.0. The second kappa shape index (κ2) is 12.3. The van der Waals surface area contributed by atoms with Gasteiger partial charge in [-0.05, 0) is 108 Å². The van der Waals surface area contributed by atoms with Crippen molar-refractivity contribution in [2.24, 2.45) is 16.8 Å². The Bertz CT molecular complexity index is 3240. The highest BCUT2D eigenvalue weighted by atomic mass is 15.3. The molecule has 2 aromatic heterocycles. The first-order chi connectivity index (χ1) is 28.4. The molecule has 6 aromatic carbocycles. The largest absolute Gasteiger partial charge is 0.356 e. The molecule has 0 saturated heterocycles. The highest BCUT2D eigenvalue weighted by molar-refractivity contribution is 6.27. The summed E-state index contributed by atoms with van der Waals surface area (Å²) >= 11 is 0. The monoisotopic (exact) mass is 750 g/mol. The number of allylic oxidation sites excluding steroid dienone is 6. The number of fused-ring (bicyclic) bond motifs is 13. The van der Waals surface area contributed by atoms with Crippen LogP contribution >= 0.6 is 0 Å². The molecule has 3 aliphatic carbocycles. The summed E-state index contributed by atoms with van der Waals surface area (Å²) in [5.41, 5.74) is 15.1. The molecule has 58 heavy (non-hydrogen) atoms. The van der Waals surface area contributed by atoms with Crippen LogP contribution in [0.4, 0.5) is 11.4 Å².